The summed E-state index contributed by atoms with van der Waals surface area (Å²) in [5, 5.41) is 5.76. The second-order valence-electron chi connectivity index (χ2n) is 5.92. The number of nitrogens with two attached hydrogens (primary N) is 1. The van der Waals surface area contributed by atoms with Crippen molar-refractivity contribution in [3.8, 4) is 0 Å². The molecule has 1 atom stereocenters. The lowest BCUT2D eigenvalue weighted by Gasteiger charge is -2.09. The highest BCUT2D eigenvalue weighted by atomic mass is 32.1. The summed E-state index contributed by atoms with van der Waals surface area (Å²) in [6.07, 6.45) is 1.37. The first-order valence-corrected chi connectivity index (χ1v) is 8.69. The topological polar surface area (TPSA) is 114 Å². The summed E-state index contributed by atoms with van der Waals surface area (Å²) in [5.41, 5.74) is 7.35. The number of nitrogens with zero attached hydrogens (tertiary/aromatic N) is 1. The van der Waals surface area contributed by atoms with E-state index in [1.54, 1.807) is 12.1 Å². The van der Waals surface area contributed by atoms with Gasteiger partial charge in [0.1, 0.15) is 0 Å². The van der Waals surface area contributed by atoms with E-state index in [2.05, 4.69) is 15.6 Å². The summed E-state index contributed by atoms with van der Waals surface area (Å²) in [4.78, 5) is 40.6. The van der Waals surface area contributed by atoms with E-state index in [0.29, 0.717) is 22.8 Å². The van der Waals surface area contributed by atoms with Gasteiger partial charge in [-0.2, -0.15) is 0 Å². The molecule has 1 aromatic heterocycles. The van der Waals surface area contributed by atoms with Crippen LogP contribution in [0.25, 0.3) is 0 Å². The van der Waals surface area contributed by atoms with Gasteiger partial charge in [0.15, 0.2) is 5.13 Å². The maximum atomic E-state index is 12.3. The minimum atomic E-state index is -0.587. The average molecular weight is 358 g/mol. The number of benzene rings is 1. The number of carbonyl (C=O) groups is 3. The summed E-state index contributed by atoms with van der Waals surface area (Å²) >= 11 is 1.38. The van der Waals surface area contributed by atoms with E-state index < -0.39 is 11.8 Å². The third kappa shape index (κ3) is 3.85. The number of hydrogen-bond donors (Lipinski definition) is 3. The lowest BCUT2D eigenvalue weighted by molar-refractivity contribution is -0.125. The molecule has 0 saturated carbocycles. The van der Waals surface area contributed by atoms with Crippen LogP contribution in [0, 0.1) is 6.92 Å². The first kappa shape index (κ1) is 17.1. The van der Waals surface area contributed by atoms with Crippen molar-refractivity contribution < 1.29 is 14.4 Å². The monoisotopic (exact) mass is 358 g/mol. The number of aromatic nitrogens is 1. The molecule has 1 heterocycles. The molecule has 25 heavy (non-hydrogen) atoms. The van der Waals surface area contributed by atoms with Gasteiger partial charge in [-0.1, -0.05) is 17.7 Å². The Morgan fingerprint density at radius 1 is 1.28 bits per heavy atom. The Morgan fingerprint density at radius 3 is 2.68 bits per heavy atom. The number of primary amides is 1. The van der Waals surface area contributed by atoms with Crippen molar-refractivity contribution in [3.63, 3.8) is 0 Å². The Balaban J connectivity index is 1.69. The third-order valence-corrected chi connectivity index (χ3v) is 5.05. The number of rotatable bonds is 5. The van der Waals surface area contributed by atoms with Crippen LogP contribution < -0.4 is 16.4 Å². The van der Waals surface area contributed by atoms with Crippen molar-refractivity contribution in [1.29, 1.82) is 0 Å². The molecule has 0 bridgehead atoms. The number of amides is 3. The summed E-state index contributed by atoms with van der Waals surface area (Å²) in [6.45, 7) is 1.77. The van der Waals surface area contributed by atoms with Crippen molar-refractivity contribution in [2.45, 2.75) is 25.7 Å². The molecular weight excluding hydrogens is 340 g/mol. The number of aryl methyl sites for hydroxylation is 2. The van der Waals surface area contributed by atoms with Crippen molar-refractivity contribution in [3.05, 3.63) is 46.0 Å². The molecule has 1 aliphatic rings. The summed E-state index contributed by atoms with van der Waals surface area (Å²) < 4.78 is 0. The first-order valence-electron chi connectivity index (χ1n) is 7.87. The number of fused-ring (bicyclic) bond motifs is 1. The molecule has 2 aromatic rings. The standard InChI is InChI=1S/C17H18N4O3S/c1-9-2-4-10(5-3-9)15(23)21-17-20-14-11(6-7-12(14)25-17)16(24)19-8-13(18)22/h2-5,11H,6-8H2,1H3,(H2,18,22)(H,19,24)(H,20,21,23). The van der Waals surface area contributed by atoms with Gasteiger partial charge in [-0.05, 0) is 31.9 Å². The lowest BCUT2D eigenvalue weighted by atomic mass is 10.1. The Bertz CT molecular complexity index is 829. The Labute approximate surface area is 148 Å². The maximum Gasteiger partial charge on any atom is 0.257 e. The highest BCUT2D eigenvalue weighted by molar-refractivity contribution is 7.16. The van der Waals surface area contributed by atoms with Crippen molar-refractivity contribution >= 4 is 34.2 Å². The molecule has 7 nitrogen and oxygen atoms in total. The number of nitrogens with one attached hydrogen (secondary N) is 2. The van der Waals surface area contributed by atoms with Crippen LogP contribution in [0.3, 0.4) is 0 Å². The van der Waals surface area contributed by atoms with Crippen LogP contribution in [-0.4, -0.2) is 29.3 Å². The number of carbonyl (C=O) groups excluding carboxylic acids is 3. The van der Waals surface area contributed by atoms with Crippen LogP contribution in [0.1, 0.15) is 38.8 Å². The van der Waals surface area contributed by atoms with Gasteiger partial charge in [-0.3, -0.25) is 19.7 Å². The molecule has 130 valence electrons. The molecule has 0 radical (unpaired) electrons. The minimum Gasteiger partial charge on any atom is -0.368 e. The predicted molar refractivity (Wildman–Crippen MR) is 94.5 cm³/mol. The van der Waals surface area contributed by atoms with Crippen LogP contribution in [0.5, 0.6) is 0 Å². The van der Waals surface area contributed by atoms with Crippen molar-refractivity contribution in [2.75, 3.05) is 11.9 Å². The molecule has 0 saturated heterocycles. The largest absolute Gasteiger partial charge is 0.368 e. The molecule has 8 heteroatoms. The normalized spacial score (nSPS) is 15.5. The summed E-state index contributed by atoms with van der Waals surface area (Å²) in [6, 6.07) is 7.25. The molecule has 1 aromatic carbocycles. The van der Waals surface area contributed by atoms with Crippen LogP contribution in [0.2, 0.25) is 0 Å². The zero-order valence-electron chi connectivity index (χ0n) is 13.7. The summed E-state index contributed by atoms with van der Waals surface area (Å²) in [7, 11) is 0. The van der Waals surface area contributed by atoms with E-state index in [4.69, 9.17) is 5.73 Å². The van der Waals surface area contributed by atoms with E-state index in [-0.39, 0.29) is 18.4 Å². The number of anilines is 1. The van der Waals surface area contributed by atoms with Crippen molar-refractivity contribution in [1.82, 2.24) is 10.3 Å². The second kappa shape index (κ2) is 7.02. The summed E-state index contributed by atoms with van der Waals surface area (Å²) in [5.74, 6) is -1.49. The van der Waals surface area contributed by atoms with E-state index in [1.807, 2.05) is 19.1 Å². The van der Waals surface area contributed by atoms with Gasteiger partial charge in [0.05, 0.1) is 18.2 Å². The molecule has 0 aliphatic heterocycles. The molecule has 0 fully saturated rings. The van der Waals surface area contributed by atoms with Crippen LogP contribution in [0.4, 0.5) is 5.13 Å². The van der Waals surface area contributed by atoms with Gasteiger partial charge in [-0.15, -0.1) is 11.3 Å². The zero-order chi connectivity index (χ0) is 18.0. The van der Waals surface area contributed by atoms with Crippen LogP contribution >= 0.6 is 11.3 Å². The SMILES string of the molecule is Cc1ccc(C(=O)Nc2nc3c(s2)CCC3C(=O)NCC(N)=O)cc1. The van der Waals surface area contributed by atoms with E-state index in [9.17, 15) is 14.4 Å². The van der Waals surface area contributed by atoms with Crippen LogP contribution in [-0.2, 0) is 16.0 Å². The highest BCUT2D eigenvalue weighted by Crippen LogP contribution is 2.38. The lowest BCUT2D eigenvalue weighted by Crippen LogP contribution is -2.36. The molecule has 4 N–H and O–H groups in total. The van der Waals surface area contributed by atoms with Gasteiger partial charge in [0.2, 0.25) is 11.8 Å². The van der Waals surface area contributed by atoms with Crippen LogP contribution in [0.15, 0.2) is 24.3 Å². The molecule has 1 unspecified atom stereocenters. The maximum absolute atomic E-state index is 12.3. The van der Waals surface area contributed by atoms with Crippen molar-refractivity contribution in [2.24, 2.45) is 5.73 Å². The quantitative estimate of drug-likeness (QED) is 0.748. The van der Waals surface area contributed by atoms with E-state index >= 15 is 0 Å². The van der Waals surface area contributed by atoms with Gasteiger partial charge < -0.3 is 11.1 Å². The van der Waals surface area contributed by atoms with E-state index in [0.717, 1.165) is 16.9 Å². The second-order valence-corrected chi connectivity index (χ2v) is 7.01. The molecular formula is C17H18N4O3S. The molecule has 3 amide bonds. The molecule has 1 aliphatic carbocycles. The van der Waals surface area contributed by atoms with E-state index in [1.165, 1.54) is 11.3 Å². The molecule has 3 rings (SSSR count). The fraction of sp³-hybridized carbons (Fsp3) is 0.294. The van der Waals surface area contributed by atoms with Gasteiger partial charge >= 0.3 is 0 Å². The Morgan fingerprint density at radius 2 is 2.00 bits per heavy atom. The van der Waals surface area contributed by atoms with Gasteiger partial charge in [-0.25, -0.2) is 4.98 Å². The fourth-order valence-corrected chi connectivity index (χ4v) is 3.74. The zero-order valence-corrected chi connectivity index (χ0v) is 14.5. The Hall–Kier alpha value is -2.74. The minimum absolute atomic E-state index is 0.189. The predicted octanol–water partition coefficient (Wildman–Crippen LogP) is 1.34. The number of hydrogen-bond acceptors (Lipinski definition) is 5. The Kier molecular flexibility index (Phi) is 4.80. The van der Waals surface area contributed by atoms with Gasteiger partial charge in [0.25, 0.3) is 5.91 Å². The first-order chi connectivity index (χ1) is 11.9. The molecule has 0 spiro atoms. The van der Waals surface area contributed by atoms with Gasteiger partial charge in [0, 0.05) is 10.4 Å². The highest BCUT2D eigenvalue weighted by Gasteiger charge is 2.32. The third-order valence-electron chi connectivity index (χ3n) is 4.01. The smallest absolute Gasteiger partial charge is 0.257 e. The fourth-order valence-electron chi connectivity index (χ4n) is 2.71. The average Bonchev–Trinajstić information content (AvgIpc) is 3.13. The number of thiazole rings is 1.